The zero-order valence-electron chi connectivity index (χ0n) is 4.31. The van der Waals surface area contributed by atoms with E-state index in [2.05, 4.69) is 0 Å². The van der Waals surface area contributed by atoms with E-state index in [4.69, 9.17) is 13.2 Å². The van der Waals surface area contributed by atoms with Crippen molar-refractivity contribution in [3.8, 4) is 0 Å². The summed E-state index contributed by atoms with van der Waals surface area (Å²) in [7, 11) is 0. The van der Waals surface area contributed by atoms with E-state index in [1.165, 1.54) is 12.2 Å². The average molecular weight is 66.0 g/mol. The topological polar surface area (TPSA) is 0 Å². The van der Waals surface area contributed by atoms with Crippen molar-refractivity contribution in [2.45, 2.75) is 0 Å². The molecule has 0 saturated carbocycles. The van der Waals surface area contributed by atoms with Crippen LogP contribution < -0.4 is 37.7 Å². The van der Waals surface area contributed by atoms with Crippen LogP contribution in [0.3, 0.4) is 0 Å². The van der Waals surface area contributed by atoms with Crippen molar-refractivity contribution in [3.05, 3.63) is 25.3 Å². The fourth-order valence-corrected chi connectivity index (χ4v) is 0. The molecule has 0 radical (unpaired) electrons. The van der Waals surface area contributed by atoms with Gasteiger partial charge in [-0.2, -0.15) is 0 Å². The first-order chi connectivity index (χ1) is 1.91. The van der Waals surface area contributed by atoms with Crippen LogP contribution in [0.1, 0.15) is 0 Å². The third-order valence-electron chi connectivity index (χ3n) is 0.111. The van der Waals surface area contributed by atoms with Crippen LogP contribution in [0.2, 0.25) is 0 Å². The SMILES string of the molecule is [CH-]=CC=[CH-].[Li+].[Li+]. The predicted octanol–water partition coefficient (Wildman–Crippen LogP) is -5.03. The molecule has 0 bridgehead atoms. The van der Waals surface area contributed by atoms with E-state index in [1.54, 1.807) is 0 Å². The van der Waals surface area contributed by atoms with Crippen molar-refractivity contribution in [1.82, 2.24) is 0 Å². The minimum absolute atomic E-state index is 0. The standard InChI is InChI=1S/C4H4.2Li/c1-3-4-2;;/h1-4H;;/q-2;2*+1. The van der Waals surface area contributed by atoms with Gasteiger partial charge >= 0.3 is 37.7 Å². The Hall–Kier alpha value is 0.675. The van der Waals surface area contributed by atoms with Crippen LogP contribution in [0.4, 0.5) is 0 Å². The van der Waals surface area contributed by atoms with Crippen LogP contribution in [0.25, 0.3) is 0 Å². The summed E-state index contributed by atoms with van der Waals surface area (Å²) in [5, 5.41) is 0. The van der Waals surface area contributed by atoms with E-state index in [1.807, 2.05) is 0 Å². The summed E-state index contributed by atoms with van der Waals surface area (Å²) in [6.45, 7) is 9.44. The van der Waals surface area contributed by atoms with Gasteiger partial charge in [-0.3, -0.25) is 0 Å². The molecule has 0 unspecified atom stereocenters. The maximum Gasteiger partial charge on any atom is 1.00 e. The molecule has 0 aromatic heterocycles. The third-order valence-corrected chi connectivity index (χ3v) is 0.111. The summed E-state index contributed by atoms with van der Waals surface area (Å²) in [5.74, 6) is 0. The molecule has 0 aliphatic heterocycles. The maximum absolute atomic E-state index is 4.72. The van der Waals surface area contributed by atoms with Gasteiger partial charge in [0.1, 0.15) is 0 Å². The van der Waals surface area contributed by atoms with Crippen molar-refractivity contribution < 1.29 is 37.7 Å². The summed E-state index contributed by atoms with van der Waals surface area (Å²) >= 11 is 0. The van der Waals surface area contributed by atoms with Crippen LogP contribution in [-0.4, -0.2) is 0 Å². The first-order valence-electron chi connectivity index (χ1n) is 1.00. The maximum atomic E-state index is 4.72. The summed E-state index contributed by atoms with van der Waals surface area (Å²) in [5.41, 5.74) is 0. The Kier molecular flexibility index (Phi) is 46.0. The molecule has 0 aromatic carbocycles. The van der Waals surface area contributed by atoms with E-state index in [-0.39, 0.29) is 37.7 Å². The van der Waals surface area contributed by atoms with E-state index in [0.29, 0.717) is 0 Å². The van der Waals surface area contributed by atoms with Crippen LogP contribution in [0, 0.1) is 13.2 Å². The van der Waals surface area contributed by atoms with Gasteiger partial charge in [-0.05, 0) is 0 Å². The minimum Gasteiger partial charge on any atom is -0.394 e. The molecule has 0 fully saturated rings. The van der Waals surface area contributed by atoms with Gasteiger partial charge in [0.25, 0.3) is 0 Å². The monoisotopic (exact) mass is 66.1 g/mol. The van der Waals surface area contributed by atoms with Gasteiger partial charge in [0.05, 0.1) is 0 Å². The Morgan fingerprint density at radius 1 is 0.833 bits per heavy atom. The molecule has 0 heterocycles. The molecule has 0 rings (SSSR count). The van der Waals surface area contributed by atoms with Gasteiger partial charge in [0.15, 0.2) is 0 Å². The Labute approximate surface area is 63.1 Å². The molecular formula is C4H4Li2. The van der Waals surface area contributed by atoms with Gasteiger partial charge < -0.3 is 25.3 Å². The van der Waals surface area contributed by atoms with Gasteiger partial charge in [0, 0.05) is 0 Å². The molecule has 6 heavy (non-hydrogen) atoms. The van der Waals surface area contributed by atoms with E-state index in [0.717, 1.165) is 0 Å². The zero-order chi connectivity index (χ0) is 3.41. The molecule has 0 aliphatic carbocycles. The Morgan fingerprint density at radius 2 is 1.00 bits per heavy atom. The summed E-state index contributed by atoms with van der Waals surface area (Å²) in [6, 6.07) is 0. The van der Waals surface area contributed by atoms with Crippen molar-refractivity contribution in [3.63, 3.8) is 0 Å². The number of hydrogen-bond donors (Lipinski definition) is 0. The summed E-state index contributed by atoms with van der Waals surface area (Å²) in [6.07, 6.45) is 2.56. The molecule has 0 amide bonds. The van der Waals surface area contributed by atoms with E-state index < -0.39 is 0 Å². The first kappa shape index (κ1) is 15.9. The van der Waals surface area contributed by atoms with Crippen LogP contribution in [-0.2, 0) is 0 Å². The van der Waals surface area contributed by atoms with Crippen molar-refractivity contribution in [1.29, 1.82) is 0 Å². The van der Waals surface area contributed by atoms with Crippen LogP contribution in [0.5, 0.6) is 0 Å². The quantitative estimate of drug-likeness (QED) is 0.163. The smallest absolute Gasteiger partial charge is 0.394 e. The van der Waals surface area contributed by atoms with Crippen molar-refractivity contribution in [2.75, 3.05) is 0 Å². The second-order valence-corrected chi connectivity index (χ2v) is 0.385. The fraction of sp³-hybridized carbons (Fsp3) is 0. The number of hydrogen-bond acceptors (Lipinski definition) is 0. The third kappa shape index (κ3) is 22.5. The molecule has 0 aromatic rings. The number of rotatable bonds is 1. The molecular weight excluding hydrogens is 61.9 g/mol. The molecule has 2 heteroatoms. The van der Waals surface area contributed by atoms with E-state index in [9.17, 15) is 0 Å². The molecule has 0 saturated heterocycles. The first-order valence-corrected chi connectivity index (χ1v) is 1.00. The second-order valence-electron chi connectivity index (χ2n) is 0.385. The van der Waals surface area contributed by atoms with Crippen LogP contribution in [0.15, 0.2) is 12.2 Å². The Balaban J connectivity index is -0.0000000450. The Bertz CT molecular complexity index is 26.5. The zero-order valence-corrected chi connectivity index (χ0v) is 4.31. The van der Waals surface area contributed by atoms with Crippen LogP contribution >= 0.6 is 0 Å². The molecule has 0 atom stereocenters. The summed E-state index contributed by atoms with van der Waals surface area (Å²) < 4.78 is 0. The largest absolute Gasteiger partial charge is 1.00 e. The number of allylic oxidation sites excluding steroid dienone is 2. The average Bonchev–Trinajstić information content (AvgIpc) is 1.37. The van der Waals surface area contributed by atoms with Gasteiger partial charge in [-0.15, -0.1) is 0 Å². The fourth-order valence-electron chi connectivity index (χ4n) is 0. The van der Waals surface area contributed by atoms with Crippen molar-refractivity contribution in [2.24, 2.45) is 0 Å². The predicted molar refractivity (Wildman–Crippen MR) is 17.7 cm³/mol. The van der Waals surface area contributed by atoms with Gasteiger partial charge in [0.2, 0.25) is 0 Å². The molecule has 22 valence electrons. The minimum atomic E-state index is 0. The molecule has 0 spiro atoms. The van der Waals surface area contributed by atoms with Crippen molar-refractivity contribution >= 4 is 0 Å². The molecule has 0 aliphatic rings. The molecule has 0 nitrogen and oxygen atoms in total. The normalized spacial score (nSPS) is 3.33. The second kappa shape index (κ2) is 17.3. The molecule has 0 N–H and O–H groups in total. The summed E-state index contributed by atoms with van der Waals surface area (Å²) in [4.78, 5) is 0. The van der Waals surface area contributed by atoms with Gasteiger partial charge in [-0.1, -0.05) is 0 Å². The van der Waals surface area contributed by atoms with Gasteiger partial charge in [-0.25, -0.2) is 0 Å². The van der Waals surface area contributed by atoms with E-state index >= 15 is 0 Å². The Morgan fingerprint density at radius 3 is 1.00 bits per heavy atom.